The fourth-order valence-electron chi connectivity index (χ4n) is 4.38. The van der Waals surface area contributed by atoms with Crippen molar-refractivity contribution in [2.24, 2.45) is 0 Å². The maximum absolute atomic E-state index is 13.9. The second-order valence-electron chi connectivity index (χ2n) is 7.94. The summed E-state index contributed by atoms with van der Waals surface area (Å²) in [5, 5.41) is 0. The van der Waals surface area contributed by atoms with Gasteiger partial charge >= 0.3 is 0 Å². The zero-order chi connectivity index (χ0) is 20.3. The smallest absolute Gasteiger partial charge is 0.234 e. The number of sulfone groups is 1. The number of hydrogen-bond donors (Lipinski definition) is 0. The van der Waals surface area contributed by atoms with E-state index in [9.17, 15) is 13.2 Å². The molecule has 5 nitrogen and oxygen atoms in total. The van der Waals surface area contributed by atoms with Crippen molar-refractivity contribution in [2.75, 3.05) is 24.7 Å². The average Bonchev–Trinajstić information content (AvgIpc) is 3.37. The highest BCUT2D eigenvalue weighted by molar-refractivity contribution is 7.91. The highest BCUT2D eigenvalue weighted by atomic mass is 32.2. The van der Waals surface area contributed by atoms with Crippen LogP contribution in [0.15, 0.2) is 60.7 Å². The van der Waals surface area contributed by atoms with Crippen LogP contribution in [0.5, 0.6) is 0 Å². The van der Waals surface area contributed by atoms with E-state index in [4.69, 9.17) is 4.74 Å². The van der Waals surface area contributed by atoms with E-state index in [-0.39, 0.29) is 29.6 Å². The minimum Gasteiger partial charge on any atom is -0.376 e. The number of nitrogens with zero attached hydrogens (tertiary/aromatic N) is 1. The molecule has 0 spiro atoms. The Kier molecular flexibility index (Phi) is 6.01. The van der Waals surface area contributed by atoms with Crippen molar-refractivity contribution in [2.45, 2.75) is 37.3 Å². The molecule has 0 bridgehead atoms. The van der Waals surface area contributed by atoms with Crippen LogP contribution in [0.2, 0.25) is 0 Å². The first-order chi connectivity index (χ1) is 14.0. The summed E-state index contributed by atoms with van der Waals surface area (Å²) in [7, 11) is -3.10. The van der Waals surface area contributed by atoms with Crippen LogP contribution in [0.1, 0.15) is 36.3 Å². The third kappa shape index (κ3) is 4.70. The first-order valence-electron chi connectivity index (χ1n) is 10.3. The lowest BCUT2D eigenvalue weighted by Gasteiger charge is -2.34. The lowest BCUT2D eigenvalue weighted by atomic mass is 9.89. The van der Waals surface area contributed by atoms with E-state index in [2.05, 4.69) is 0 Å². The molecule has 0 radical (unpaired) electrons. The number of ether oxygens (including phenoxy) is 1. The first-order valence-corrected chi connectivity index (χ1v) is 12.1. The van der Waals surface area contributed by atoms with Gasteiger partial charge in [-0.15, -0.1) is 0 Å². The van der Waals surface area contributed by atoms with E-state index in [0.29, 0.717) is 19.6 Å². The molecule has 2 saturated heterocycles. The van der Waals surface area contributed by atoms with Gasteiger partial charge in [-0.3, -0.25) is 4.79 Å². The second-order valence-corrected chi connectivity index (χ2v) is 10.2. The van der Waals surface area contributed by atoms with Crippen LogP contribution in [0.25, 0.3) is 0 Å². The Bertz CT molecular complexity index is 884. The van der Waals surface area contributed by atoms with Crippen LogP contribution in [-0.4, -0.2) is 56.0 Å². The number of benzene rings is 2. The molecule has 0 aromatic heterocycles. The topological polar surface area (TPSA) is 63.7 Å². The Morgan fingerprint density at radius 2 is 1.62 bits per heavy atom. The van der Waals surface area contributed by atoms with Gasteiger partial charge in [-0.25, -0.2) is 8.42 Å². The van der Waals surface area contributed by atoms with Gasteiger partial charge in [-0.1, -0.05) is 60.7 Å². The van der Waals surface area contributed by atoms with E-state index in [1.54, 1.807) is 4.90 Å². The summed E-state index contributed by atoms with van der Waals surface area (Å²) >= 11 is 0. The molecule has 29 heavy (non-hydrogen) atoms. The molecule has 4 rings (SSSR count). The van der Waals surface area contributed by atoms with E-state index < -0.39 is 15.8 Å². The molecule has 0 N–H and O–H groups in total. The molecule has 6 heteroatoms. The standard InChI is InChI=1S/C23H27NO4S/c25-23(22(18-8-3-1-4-9-18)19-10-5-2-6-11-19)24(16-21-12-7-14-28-21)20-13-15-29(26,27)17-20/h1-6,8-11,20-22H,7,12-17H2/t20-,21+/m1/s1. The van der Waals surface area contributed by atoms with Gasteiger partial charge in [-0.2, -0.15) is 0 Å². The number of hydrogen-bond acceptors (Lipinski definition) is 4. The fraction of sp³-hybridized carbons (Fsp3) is 0.435. The van der Waals surface area contributed by atoms with Crippen molar-refractivity contribution in [1.29, 1.82) is 0 Å². The van der Waals surface area contributed by atoms with Crippen molar-refractivity contribution in [3.05, 3.63) is 71.8 Å². The van der Waals surface area contributed by atoms with Crippen LogP contribution in [0.4, 0.5) is 0 Å². The van der Waals surface area contributed by atoms with Gasteiger partial charge in [-0.05, 0) is 30.4 Å². The van der Waals surface area contributed by atoms with Crippen LogP contribution >= 0.6 is 0 Å². The summed E-state index contributed by atoms with van der Waals surface area (Å²) in [4.78, 5) is 15.7. The third-order valence-electron chi connectivity index (χ3n) is 5.87. The van der Waals surface area contributed by atoms with Crippen molar-refractivity contribution >= 4 is 15.7 Å². The molecule has 0 saturated carbocycles. The van der Waals surface area contributed by atoms with Crippen molar-refractivity contribution in [3.8, 4) is 0 Å². The van der Waals surface area contributed by atoms with Gasteiger partial charge in [0.1, 0.15) is 0 Å². The zero-order valence-electron chi connectivity index (χ0n) is 16.4. The fourth-order valence-corrected chi connectivity index (χ4v) is 6.11. The van der Waals surface area contributed by atoms with Crippen LogP contribution < -0.4 is 0 Å². The first kappa shape index (κ1) is 20.1. The SMILES string of the molecule is O=C(C(c1ccccc1)c1ccccc1)N(C[C@@H]1CCCO1)[C@@H]1CCS(=O)(=O)C1. The van der Waals surface area contributed by atoms with Gasteiger partial charge in [0.15, 0.2) is 9.84 Å². The van der Waals surface area contributed by atoms with Gasteiger partial charge < -0.3 is 9.64 Å². The lowest BCUT2D eigenvalue weighted by Crippen LogP contribution is -2.47. The monoisotopic (exact) mass is 413 g/mol. The molecule has 2 fully saturated rings. The molecule has 2 aliphatic heterocycles. The molecule has 0 unspecified atom stereocenters. The van der Waals surface area contributed by atoms with Crippen molar-refractivity contribution in [1.82, 2.24) is 4.90 Å². The average molecular weight is 414 g/mol. The Morgan fingerprint density at radius 3 is 2.10 bits per heavy atom. The van der Waals surface area contributed by atoms with E-state index in [0.717, 1.165) is 24.0 Å². The molecule has 2 atom stereocenters. The molecule has 2 heterocycles. The number of rotatable bonds is 6. The number of carbonyl (C=O) groups excluding carboxylic acids is 1. The number of amides is 1. The quantitative estimate of drug-likeness (QED) is 0.730. The molecule has 2 aromatic rings. The largest absolute Gasteiger partial charge is 0.376 e. The van der Waals surface area contributed by atoms with E-state index >= 15 is 0 Å². The molecule has 154 valence electrons. The maximum atomic E-state index is 13.9. The van der Waals surface area contributed by atoms with Gasteiger partial charge in [0.25, 0.3) is 0 Å². The van der Waals surface area contributed by atoms with Crippen molar-refractivity contribution < 1.29 is 17.9 Å². The molecule has 1 amide bonds. The van der Waals surface area contributed by atoms with E-state index in [1.807, 2.05) is 60.7 Å². The summed E-state index contributed by atoms with van der Waals surface area (Å²) < 4.78 is 30.1. The third-order valence-corrected chi connectivity index (χ3v) is 7.62. The summed E-state index contributed by atoms with van der Waals surface area (Å²) in [5.74, 6) is -0.308. The highest BCUT2D eigenvalue weighted by Crippen LogP contribution is 2.30. The van der Waals surface area contributed by atoms with Gasteiger partial charge in [0.2, 0.25) is 5.91 Å². The highest BCUT2D eigenvalue weighted by Gasteiger charge is 2.39. The molecular weight excluding hydrogens is 386 g/mol. The van der Waals surface area contributed by atoms with Crippen LogP contribution in [0.3, 0.4) is 0 Å². The molecule has 2 aromatic carbocycles. The Hall–Kier alpha value is -2.18. The predicted molar refractivity (Wildman–Crippen MR) is 112 cm³/mol. The molecular formula is C23H27NO4S. The summed E-state index contributed by atoms with van der Waals surface area (Å²) in [6.45, 7) is 1.16. The second kappa shape index (κ2) is 8.67. The van der Waals surface area contributed by atoms with E-state index in [1.165, 1.54) is 0 Å². The minimum absolute atomic E-state index is 0.0190. The zero-order valence-corrected chi connectivity index (χ0v) is 17.3. The van der Waals surface area contributed by atoms with Crippen LogP contribution in [-0.2, 0) is 19.4 Å². The van der Waals surface area contributed by atoms with Gasteiger partial charge in [0, 0.05) is 19.2 Å². The summed E-state index contributed by atoms with van der Waals surface area (Å²) in [6, 6.07) is 19.2. The minimum atomic E-state index is -3.10. The Morgan fingerprint density at radius 1 is 1.00 bits per heavy atom. The summed E-state index contributed by atoms with van der Waals surface area (Å²) in [5.41, 5.74) is 1.84. The van der Waals surface area contributed by atoms with Gasteiger partial charge in [0.05, 0.1) is 23.5 Å². The molecule has 2 aliphatic rings. The summed E-state index contributed by atoms with van der Waals surface area (Å²) in [6.07, 6.45) is 2.37. The lowest BCUT2D eigenvalue weighted by molar-refractivity contribution is -0.135. The molecule has 0 aliphatic carbocycles. The van der Waals surface area contributed by atoms with Crippen molar-refractivity contribution in [3.63, 3.8) is 0 Å². The number of carbonyl (C=O) groups is 1. The maximum Gasteiger partial charge on any atom is 0.234 e. The Labute approximate surface area is 172 Å². The predicted octanol–water partition coefficient (Wildman–Crippen LogP) is 3.01. The van der Waals surface area contributed by atoms with Crippen LogP contribution in [0, 0.1) is 0 Å². The normalized spacial score (nSPS) is 23.3. The Balaban J connectivity index is 1.69.